The van der Waals surface area contributed by atoms with Gasteiger partial charge in [-0.3, -0.25) is 9.59 Å². The van der Waals surface area contributed by atoms with Crippen molar-refractivity contribution < 1.29 is 14.0 Å². The van der Waals surface area contributed by atoms with Crippen LogP contribution in [-0.2, 0) is 12.8 Å². The van der Waals surface area contributed by atoms with Gasteiger partial charge in [0.05, 0.1) is 5.56 Å². The second-order valence-electron chi connectivity index (χ2n) is 5.97. The summed E-state index contributed by atoms with van der Waals surface area (Å²) in [6.45, 7) is 0. The number of carbonyl (C=O) groups is 2. The Bertz CT molecular complexity index is 1010. The Labute approximate surface area is 132 Å². The maximum Gasteiger partial charge on any atom is 0.229 e. The molecule has 0 saturated carbocycles. The van der Waals surface area contributed by atoms with Gasteiger partial charge >= 0.3 is 0 Å². The fraction of sp³-hybridized carbons (Fsp3) is 0.100. The SMILES string of the molecule is O=C1c2ccccc2C(=O)c2c1oc1c2-c2ccccc2CC1. The van der Waals surface area contributed by atoms with E-state index in [0.717, 1.165) is 29.7 Å². The van der Waals surface area contributed by atoms with Crippen LogP contribution in [0.4, 0.5) is 0 Å². The van der Waals surface area contributed by atoms with E-state index in [1.54, 1.807) is 24.3 Å². The largest absolute Gasteiger partial charge is 0.456 e. The van der Waals surface area contributed by atoms with E-state index in [4.69, 9.17) is 4.42 Å². The molecule has 110 valence electrons. The molecule has 0 spiro atoms. The summed E-state index contributed by atoms with van der Waals surface area (Å²) in [5, 5.41) is 0. The minimum atomic E-state index is -0.193. The van der Waals surface area contributed by atoms with E-state index in [1.165, 1.54) is 5.56 Å². The third kappa shape index (κ3) is 1.54. The Hall–Kier alpha value is -2.94. The van der Waals surface area contributed by atoms with Gasteiger partial charge in [0.25, 0.3) is 0 Å². The van der Waals surface area contributed by atoms with E-state index >= 15 is 0 Å². The van der Waals surface area contributed by atoms with Gasteiger partial charge in [0, 0.05) is 23.1 Å². The topological polar surface area (TPSA) is 47.3 Å². The van der Waals surface area contributed by atoms with E-state index in [0.29, 0.717) is 16.7 Å². The number of hydrogen-bond donors (Lipinski definition) is 0. The van der Waals surface area contributed by atoms with Crippen LogP contribution in [-0.4, -0.2) is 11.6 Å². The first kappa shape index (κ1) is 12.6. The monoisotopic (exact) mass is 300 g/mol. The van der Waals surface area contributed by atoms with Crippen molar-refractivity contribution in [1.82, 2.24) is 0 Å². The summed E-state index contributed by atoms with van der Waals surface area (Å²) in [5.41, 5.74) is 4.37. The van der Waals surface area contributed by atoms with Crippen molar-refractivity contribution in [1.29, 1.82) is 0 Å². The molecule has 0 aliphatic heterocycles. The summed E-state index contributed by atoms with van der Waals surface area (Å²) in [7, 11) is 0. The van der Waals surface area contributed by atoms with Crippen LogP contribution in [0.1, 0.15) is 43.4 Å². The Morgan fingerprint density at radius 2 is 1.35 bits per heavy atom. The van der Waals surface area contributed by atoms with E-state index in [2.05, 4.69) is 6.07 Å². The molecule has 3 nitrogen and oxygen atoms in total. The summed E-state index contributed by atoms with van der Waals surface area (Å²) in [6, 6.07) is 15.0. The van der Waals surface area contributed by atoms with Crippen molar-refractivity contribution in [2.24, 2.45) is 0 Å². The average molecular weight is 300 g/mol. The Balaban J connectivity index is 1.85. The number of hydrogen-bond acceptors (Lipinski definition) is 3. The van der Waals surface area contributed by atoms with Gasteiger partial charge in [-0.05, 0) is 17.5 Å². The smallest absolute Gasteiger partial charge is 0.229 e. The minimum absolute atomic E-state index is 0.114. The Kier molecular flexibility index (Phi) is 2.35. The molecule has 0 saturated heterocycles. The van der Waals surface area contributed by atoms with Crippen molar-refractivity contribution in [3.8, 4) is 11.1 Å². The summed E-state index contributed by atoms with van der Waals surface area (Å²) in [5.74, 6) is 0.651. The molecule has 0 bridgehead atoms. The zero-order valence-electron chi connectivity index (χ0n) is 12.3. The molecule has 3 aromatic rings. The molecule has 0 N–H and O–H groups in total. The van der Waals surface area contributed by atoms with Gasteiger partial charge in [0.15, 0.2) is 11.5 Å². The van der Waals surface area contributed by atoms with Crippen LogP contribution < -0.4 is 0 Å². The molecule has 0 atom stereocenters. The average Bonchev–Trinajstić information content (AvgIpc) is 3.00. The van der Waals surface area contributed by atoms with Crippen LogP contribution in [0.2, 0.25) is 0 Å². The van der Waals surface area contributed by atoms with Crippen molar-refractivity contribution in [3.63, 3.8) is 0 Å². The number of carbonyl (C=O) groups excluding carboxylic acids is 2. The van der Waals surface area contributed by atoms with E-state index in [1.807, 2.05) is 18.2 Å². The fourth-order valence-electron chi connectivity index (χ4n) is 3.68. The van der Waals surface area contributed by atoms with Crippen LogP contribution in [0.3, 0.4) is 0 Å². The maximum absolute atomic E-state index is 13.0. The van der Waals surface area contributed by atoms with Crippen molar-refractivity contribution in [2.45, 2.75) is 12.8 Å². The molecule has 0 unspecified atom stereocenters. The van der Waals surface area contributed by atoms with E-state index in [9.17, 15) is 9.59 Å². The Morgan fingerprint density at radius 1 is 0.696 bits per heavy atom. The highest BCUT2D eigenvalue weighted by Crippen LogP contribution is 2.43. The van der Waals surface area contributed by atoms with Crippen LogP contribution in [0.15, 0.2) is 52.9 Å². The van der Waals surface area contributed by atoms with E-state index < -0.39 is 0 Å². The molecule has 2 aliphatic rings. The fourth-order valence-corrected chi connectivity index (χ4v) is 3.68. The summed E-state index contributed by atoms with van der Waals surface area (Å²) in [4.78, 5) is 25.7. The second kappa shape index (κ2) is 4.29. The lowest BCUT2D eigenvalue weighted by Gasteiger charge is -2.17. The lowest BCUT2D eigenvalue weighted by atomic mass is 9.81. The molecular weight excluding hydrogens is 288 g/mol. The van der Waals surface area contributed by atoms with Gasteiger partial charge in [-0.25, -0.2) is 0 Å². The summed E-state index contributed by atoms with van der Waals surface area (Å²) < 4.78 is 5.85. The number of ketones is 2. The van der Waals surface area contributed by atoms with Gasteiger partial charge in [0.2, 0.25) is 5.78 Å². The molecule has 1 aromatic heterocycles. The standard InChI is InChI=1S/C20H12O3/c21-18-13-7-3-4-8-14(13)19(22)20-17(18)16-12-6-2-1-5-11(12)9-10-15(16)23-20/h1-8H,9-10H2. The molecule has 23 heavy (non-hydrogen) atoms. The second-order valence-corrected chi connectivity index (χ2v) is 5.97. The number of furan rings is 1. The third-order valence-corrected chi connectivity index (χ3v) is 4.74. The summed E-state index contributed by atoms with van der Waals surface area (Å²) >= 11 is 0. The third-order valence-electron chi connectivity index (χ3n) is 4.74. The molecule has 5 rings (SSSR count). The minimum Gasteiger partial charge on any atom is -0.456 e. The first-order valence-corrected chi connectivity index (χ1v) is 7.68. The molecular formula is C20H12O3. The van der Waals surface area contributed by atoms with Gasteiger partial charge in [0.1, 0.15) is 5.76 Å². The maximum atomic E-state index is 13.0. The predicted molar refractivity (Wildman–Crippen MR) is 84.9 cm³/mol. The van der Waals surface area contributed by atoms with Crippen LogP contribution in [0.5, 0.6) is 0 Å². The van der Waals surface area contributed by atoms with E-state index in [-0.39, 0.29) is 17.3 Å². The van der Waals surface area contributed by atoms with Crippen LogP contribution in [0, 0.1) is 0 Å². The zero-order valence-corrected chi connectivity index (χ0v) is 12.3. The highest BCUT2D eigenvalue weighted by Gasteiger charge is 2.38. The highest BCUT2D eigenvalue weighted by molar-refractivity contribution is 6.29. The first-order chi connectivity index (χ1) is 11.3. The van der Waals surface area contributed by atoms with Gasteiger partial charge < -0.3 is 4.42 Å². The lowest BCUT2D eigenvalue weighted by molar-refractivity contribution is 0.0959. The number of rotatable bonds is 0. The zero-order chi connectivity index (χ0) is 15.6. The number of benzene rings is 2. The quantitative estimate of drug-likeness (QED) is 0.496. The number of fused-ring (bicyclic) bond motifs is 6. The molecule has 2 aromatic carbocycles. The molecule has 0 fully saturated rings. The normalized spacial score (nSPS) is 14.8. The van der Waals surface area contributed by atoms with Crippen molar-refractivity contribution in [2.75, 3.05) is 0 Å². The molecule has 1 heterocycles. The van der Waals surface area contributed by atoms with Crippen molar-refractivity contribution in [3.05, 3.63) is 82.3 Å². The molecule has 2 aliphatic carbocycles. The van der Waals surface area contributed by atoms with Crippen LogP contribution in [0.25, 0.3) is 11.1 Å². The molecule has 0 amide bonds. The first-order valence-electron chi connectivity index (χ1n) is 7.68. The predicted octanol–water partition coefficient (Wildman–Crippen LogP) is 3.82. The van der Waals surface area contributed by atoms with Gasteiger partial charge in [-0.1, -0.05) is 48.5 Å². The van der Waals surface area contributed by atoms with Gasteiger partial charge in [-0.2, -0.15) is 0 Å². The highest BCUT2D eigenvalue weighted by atomic mass is 16.4. The molecule has 3 heteroatoms. The van der Waals surface area contributed by atoms with Crippen molar-refractivity contribution >= 4 is 11.6 Å². The summed E-state index contributed by atoms with van der Waals surface area (Å²) in [6.07, 6.45) is 1.58. The lowest BCUT2D eigenvalue weighted by Crippen LogP contribution is -2.19. The Morgan fingerprint density at radius 3 is 2.13 bits per heavy atom. The van der Waals surface area contributed by atoms with Gasteiger partial charge in [-0.15, -0.1) is 0 Å². The molecule has 0 radical (unpaired) electrons. The number of aryl methyl sites for hydroxylation is 2. The van der Waals surface area contributed by atoms with Crippen LogP contribution >= 0.6 is 0 Å².